The fourth-order valence-corrected chi connectivity index (χ4v) is 1.12. The SMILES string of the molecule is C=C(C)Cn1cc(C)c(CN)n1. The second-order valence-electron chi connectivity index (χ2n) is 3.12. The van der Waals surface area contributed by atoms with Crippen LogP contribution in [0.4, 0.5) is 0 Å². The summed E-state index contributed by atoms with van der Waals surface area (Å²) in [5.41, 5.74) is 8.72. The summed E-state index contributed by atoms with van der Waals surface area (Å²) in [4.78, 5) is 0. The Hall–Kier alpha value is -1.09. The predicted molar refractivity (Wildman–Crippen MR) is 49.7 cm³/mol. The quantitative estimate of drug-likeness (QED) is 0.684. The highest BCUT2D eigenvalue weighted by atomic mass is 15.3. The molecule has 3 nitrogen and oxygen atoms in total. The average molecular weight is 165 g/mol. The van der Waals surface area contributed by atoms with E-state index in [9.17, 15) is 0 Å². The maximum absolute atomic E-state index is 5.50. The van der Waals surface area contributed by atoms with Gasteiger partial charge in [-0.3, -0.25) is 4.68 Å². The minimum absolute atomic E-state index is 0.509. The molecule has 0 amide bonds. The summed E-state index contributed by atoms with van der Waals surface area (Å²) in [6, 6.07) is 0. The first-order valence-electron chi connectivity index (χ1n) is 4.01. The van der Waals surface area contributed by atoms with Crippen LogP contribution in [-0.2, 0) is 13.1 Å². The maximum atomic E-state index is 5.50. The van der Waals surface area contributed by atoms with Gasteiger partial charge in [-0.1, -0.05) is 12.2 Å². The third kappa shape index (κ3) is 1.95. The summed E-state index contributed by atoms with van der Waals surface area (Å²) in [6.07, 6.45) is 2.00. The molecule has 0 saturated carbocycles. The Labute approximate surface area is 72.9 Å². The normalized spacial score (nSPS) is 10.2. The van der Waals surface area contributed by atoms with Crippen molar-refractivity contribution in [3.8, 4) is 0 Å². The van der Waals surface area contributed by atoms with Crippen molar-refractivity contribution in [1.82, 2.24) is 9.78 Å². The van der Waals surface area contributed by atoms with E-state index in [1.54, 1.807) is 0 Å². The van der Waals surface area contributed by atoms with E-state index < -0.39 is 0 Å². The van der Waals surface area contributed by atoms with Crippen molar-refractivity contribution in [2.75, 3.05) is 0 Å². The number of hydrogen-bond acceptors (Lipinski definition) is 2. The Bertz CT molecular complexity index is 286. The molecule has 0 aliphatic carbocycles. The topological polar surface area (TPSA) is 43.8 Å². The maximum Gasteiger partial charge on any atom is 0.0789 e. The lowest BCUT2D eigenvalue weighted by atomic mass is 10.3. The van der Waals surface area contributed by atoms with Gasteiger partial charge in [0.15, 0.2) is 0 Å². The molecular formula is C9H15N3. The highest BCUT2D eigenvalue weighted by molar-refractivity contribution is 5.14. The molecular weight excluding hydrogens is 150 g/mol. The van der Waals surface area contributed by atoms with Crippen LogP contribution < -0.4 is 5.73 Å². The zero-order valence-electron chi connectivity index (χ0n) is 7.67. The van der Waals surface area contributed by atoms with Crippen molar-refractivity contribution in [2.45, 2.75) is 26.9 Å². The van der Waals surface area contributed by atoms with Crippen molar-refractivity contribution in [3.05, 3.63) is 29.6 Å². The first-order chi connectivity index (χ1) is 5.63. The molecule has 2 N–H and O–H groups in total. The molecule has 1 heterocycles. The van der Waals surface area contributed by atoms with Gasteiger partial charge in [-0.25, -0.2) is 0 Å². The monoisotopic (exact) mass is 165 g/mol. The van der Waals surface area contributed by atoms with Crippen molar-refractivity contribution >= 4 is 0 Å². The van der Waals surface area contributed by atoms with Gasteiger partial charge < -0.3 is 5.73 Å². The Morgan fingerprint density at radius 3 is 2.83 bits per heavy atom. The van der Waals surface area contributed by atoms with Crippen molar-refractivity contribution in [3.63, 3.8) is 0 Å². The van der Waals surface area contributed by atoms with E-state index >= 15 is 0 Å². The predicted octanol–water partition coefficient (Wildman–Crippen LogP) is 1.23. The van der Waals surface area contributed by atoms with E-state index in [1.807, 2.05) is 24.7 Å². The van der Waals surface area contributed by atoms with E-state index in [0.29, 0.717) is 6.54 Å². The van der Waals surface area contributed by atoms with Crippen LogP contribution in [0.25, 0.3) is 0 Å². The van der Waals surface area contributed by atoms with Crippen LogP contribution in [0.15, 0.2) is 18.3 Å². The molecule has 0 saturated heterocycles. The number of aromatic nitrogens is 2. The summed E-state index contributed by atoms with van der Waals surface area (Å²) in [5, 5.41) is 4.30. The standard InChI is InChI=1S/C9H15N3/c1-7(2)5-12-6-8(3)9(4-10)11-12/h6H,1,4-5,10H2,2-3H3. The number of allylic oxidation sites excluding steroid dienone is 1. The van der Waals surface area contributed by atoms with Crippen LogP contribution in [0, 0.1) is 6.92 Å². The first kappa shape index (κ1) is 9.00. The molecule has 0 spiro atoms. The molecule has 0 aliphatic rings. The molecule has 3 heteroatoms. The minimum atomic E-state index is 0.509. The lowest BCUT2D eigenvalue weighted by Crippen LogP contribution is -2.02. The van der Waals surface area contributed by atoms with Crippen LogP contribution in [0.2, 0.25) is 0 Å². The van der Waals surface area contributed by atoms with Crippen molar-refractivity contribution in [2.24, 2.45) is 5.73 Å². The molecule has 0 unspecified atom stereocenters. The van der Waals surface area contributed by atoms with Crippen LogP contribution in [0.3, 0.4) is 0 Å². The Balaban J connectivity index is 2.82. The smallest absolute Gasteiger partial charge is 0.0789 e. The van der Waals surface area contributed by atoms with Crippen LogP contribution in [0.5, 0.6) is 0 Å². The first-order valence-corrected chi connectivity index (χ1v) is 4.01. The molecule has 66 valence electrons. The second kappa shape index (κ2) is 3.54. The van der Waals surface area contributed by atoms with E-state index in [0.717, 1.165) is 23.4 Å². The molecule has 0 bridgehead atoms. The van der Waals surface area contributed by atoms with Gasteiger partial charge >= 0.3 is 0 Å². The third-order valence-electron chi connectivity index (χ3n) is 1.67. The molecule has 1 aromatic heterocycles. The number of hydrogen-bond donors (Lipinski definition) is 1. The summed E-state index contributed by atoms with van der Waals surface area (Å²) in [6.45, 7) is 9.11. The van der Waals surface area contributed by atoms with Gasteiger partial charge in [0.1, 0.15) is 0 Å². The fraction of sp³-hybridized carbons (Fsp3) is 0.444. The van der Waals surface area contributed by atoms with Crippen LogP contribution >= 0.6 is 0 Å². The Kier molecular flexibility index (Phi) is 2.65. The number of rotatable bonds is 3. The molecule has 1 aromatic rings. The van der Waals surface area contributed by atoms with Gasteiger partial charge in [0.05, 0.1) is 12.2 Å². The lowest BCUT2D eigenvalue weighted by molar-refractivity contribution is 0.664. The van der Waals surface area contributed by atoms with Crippen LogP contribution in [0.1, 0.15) is 18.2 Å². The second-order valence-corrected chi connectivity index (χ2v) is 3.12. The van der Waals surface area contributed by atoms with E-state index in [1.165, 1.54) is 0 Å². The number of nitrogens with two attached hydrogens (primary N) is 1. The highest BCUT2D eigenvalue weighted by Gasteiger charge is 2.01. The molecule has 0 atom stereocenters. The van der Waals surface area contributed by atoms with Gasteiger partial charge in [0, 0.05) is 12.7 Å². The summed E-state index contributed by atoms with van der Waals surface area (Å²) in [5.74, 6) is 0. The third-order valence-corrected chi connectivity index (χ3v) is 1.67. The minimum Gasteiger partial charge on any atom is -0.325 e. The zero-order valence-corrected chi connectivity index (χ0v) is 7.67. The van der Waals surface area contributed by atoms with Crippen LogP contribution in [-0.4, -0.2) is 9.78 Å². The van der Waals surface area contributed by atoms with E-state index in [2.05, 4.69) is 11.7 Å². The molecule has 1 rings (SSSR count). The Morgan fingerprint density at radius 1 is 1.75 bits per heavy atom. The molecule has 12 heavy (non-hydrogen) atoms. The van der Waals surface area contributed by atoms with E-state index in [4.69, 9.17) is 5.73 Å². The molecule has 0 fully saturated rings. The largest absolute Gasteiger partial charge is 0.325 e. The average Bonchev–Trinajstić information content (AvgIpc) is 2.29. The molecule has 0 aliphatic heterocycles. The van der Waals surface area contributed by atoms with E-state index in [-0.39, 0.29) is 0 Å². The summed E-state index contributed by atoms with van der Waals surface area (Å²) >= 11 is 0. The van der Waals surface area contributed by atoms with Gasteiger partial charge in [-0.05, 0) is 19.4 Å². The number of nitrogens with zero attached hydrogens (tertiary/aromatic N) is 2. The lowest BCUT2D eigenvalue weighted by Gasteiger charge is -1.98. The van der Waals surface area contributed by atoms with Crippen molar-refractivity contribution < 1.29 is 0 Å². The number of aryl methyl sites for hydroxylation is 1. The fourth-order valence-electron chi connectivity index (χ4n) is 1.12. The summed E-state index contributed by atoms with van der Waals surface area (Å²) in [7, 11) is 0. The summed E-state index contributed by atoms with van der Waals surface area (Å²) < 4.78 is 1.87. The Morgan fingerprint density at radius 2 is 2.42 bits per heavy atom. The molecule has 0 aromatic carbocycles. The van der Waals surface area contributed by atoms with Gasteiger partial charge in [-0.15, -0.1) is 0 Å². The van der Waals surface area contributed by atoms with Crippen molar-refractivity contribution in [1.29, 1.82) is 0 Å². The van der Waals surface area contributed by atoms with Gasteiger partial charge in [0.2, 0.25) is 0 Å². The van der Waals surface area contributed by atoms with Gasteiger partial charge in [-0.2, -0.15) is 5.10 Å². The highest BCUT2D eigenvalue weighted by Crippen LogP contribution is 2.05. The van der Waals surface area contributed by atoms with Gasteiger partial charge in [0.25, 0.3) is 0 Å². The molecule has 0 radical (unpaired) electrons. The zero-order chi connectivity index (χ0) is 9.14.